The molecule has 1 aliphatic heterocycles. The Hall–Kier alpha value is -3.68. The van der Waals surface area contributed by atoms with Gasteiger partial charge in [-0.15, -0.1) is 0 Å². The molecule has 0 unspecified atom stereocenters. The summed E-state index contributed by atoms with van der Waals surface area (Å²) < 4.78 is 20.4. The molecule has 5 rings (SSSR count). The van der Waals surface area contributed by atoms with Gasteiger partial charge >= 0.3 is 0 Å². The quantitative estimate of drug-likeness (QED) is 0.225. The topological polar surface area (TPSA) is 41.9 Å². The van der Waals surface area contributed by atoms with E-state index in [1.54, 1.807) is 29.2 Å². The summed E-state index contributed by atoms with van der Waals surface area (Å²) in [6, 6.07) is 31.1. The first-order valence-electron chi connectivity index (χ1n) is 11.2. The molecule has 1 fully saturated rings. The summed E-state index contributed by atoms with van der Waals surface area (Å²) in [5, 5.41) is 0.590. The number of aliphatic imine (C=N–C) groups is 1. The summed E-state index contributed by atoms with van der Waals surface area (Å²) in [4.78, 5) is 20.4. The van der Waals surface area contributed by atoms with E-state index in [9.17, 15) is 9.18 Å². The molecule has 0 radical (unpaired) electrons. The first-order valence-corrected chi connectivity index (χ1v) is 12.8. The SMILES string of the molecule is O=C1/C(=C\c2ccc(OCc3ccccc3F)c(Br)c2)SC(=Nc2ccccc2)N1c1ccccc1. The Balaban J connectivity index is 1.41. The largest absolute Gasteiger partial charge is 0.488 e. The number of halogens is 2. The van der Waals surface area contributed by atoms with Crippen molar-refractivity contribution in [2.75, 3.05) is 4.90 Å². The van der Waals surface area contributed by atoms with Crippen molar-refractivity contribution >= 4 is 56.2 Å². The van der Waals surface area contributed by atoms with Crippen molar-refractivity contribution in [3.8, 4) is 5.75 Å². The van der Waals surface area contributed by atoms with Gasteiger partial charge in [-0.05, 0) is 81.8 Å². The molecule has 178 valence electrons. The Bertz CT molecular complexity index is 1460. The number of carbonyl (C=O) groups excluding carboxylic acids is 1. The van der Waals surface area contributed by atoms with E-state index in [0.29, 0.717) is 25.9 Å². The van der Waals surface area contributed by atoms with E-state index in [-0.39, 0.29) is 18.3 Å². The van der Waals surface area contributed by atoms with Crippen LogP contribution in [0, 0.1) is 5.82 Å². The molecule has 4 nitrogen and oxygen atoms in total. The van der Waals surface area contributed by atoms with Gasteiger partial charge in [0.15, 0.2) is 5.17 Å². The third kappa shape index (κ3) is 5.42. The van der Waals surface area contributed by atoms with Crippen LogP contribution in [0.5, 0.6) is 5.75 Å². The fourth-order valence-electron chi connectivity index (χ4n) is 3.61. The monoisotopic (exact) mass is 558 g/mol. The smallest absolute Gasteiger partial charge is 0.271 e. The number of carbonyl (C=O) groups is 1. The lowest BCUT2D eigenvalue weighted by Gasteiger charge is -2.15. The van der Waals surface area contributed by atoms with E-state index in [4.69, 9.17) is 9.73 Å². The van der Waals surface area contributed by atoms with Crippen LogP contribution < -0.4 is 9.64 Å². The van der Waals surface area contributed by atoms with E-state index >= 15 is 0 Å². The van der Waals surface area contributed by atoms with Crippen LogP contribution in [0.15, 0.2) is 117 Å². The first-order chi connectivity index (χ1) is 17.6. The number of amidine groups is 1. The molecular weight excluding hydrogens is 539 g/mol. The third-order valence-corrected chi connectivity index (χ3v) is 6.98. The molecule has 4 aromatic rings. The second-order valence-corrected chi connectivity index (χ2v) is 9.75. The molecule has 1 amide bonds. The number of benzene rings is 4. The number of rotatable bonds is 6. The lowest BCUT2D eigenvalue weighted by Crippen LogP contribution is -2.28. The maximum absolute atomic E-state index is 13.9. The number of para-hydroxylation sites is 2. The van der Waals surface area contributed by atoms with Crippen LogP contribution in [-0.4, -0.2) is 11.1 Å². The summed E-state index contributed by atoms with van der Waals surface area (Å²) in [5.41, 5.74) is 2.83. The normalized spacial score (nSPS) is 15.6. The van der Waals surface area contributed by atoms with Gasteiger partial charge in [-0.25, -0.2) is 9.38 Å². The van der Waals surface area contributed by atoms with Gasteiger partial charge in [-0.2, -0.15) is 0 Å². The predicted octanol–water partition coefficient (Wildman–Crippen LogP) is 7.98. The van der Waals surface area contributed by atoms with E-state index in [2.05, 4.69) is 15.9 Å². The molecule has 0 saturated carbocycles. The number of hydrogen-bond donors (Lipinski definition) is 0. The summed E-state index contributed by atoms with van der Waals surface area (Å²) in [6.45, 7) is 0.116. The second kappa shape index (κ2) is 10.9. The van der Waals surface area contributed by atoms with Crippen molar-refractivity contribution in [2.45, 2.75) is 6.61 Å². The lowest BCUT2D eigenvalue weighted by molar-refractivity contribution is -0.113. The average molecular weight is 559 g/mol. The number of thioether (sulfide) groups is 1. The zero-order chi connectivity index (χ0) is 24.9. The molecule has 0 aromatic heterocycles. The Morgan fingerprint density at radius 1 is 0.917 bits per heavy atom. The second-order valence-electron chi connectivity index (χ2n) is 7.89. The lowest BCUT2D eigenvalue weighted by atomic mass is 10.2. The van der Waals surface area contributed by atoms with Crippen molar-refractivity contribution in [1.29, 1.82) is 0 Å². The minimum atomic E-state index is -0.303. The minimum Gasteiger partial charge on any atom is -0.488 e. The van der Waals surface area contributed by atoms with Crippen LogP contribution >= 0.6 is 27.7 Å². The van der Waals surface area contributed by atoms with E-state index in [1.807, 2.05) is 78.9 Å². The van der Waals surface area contributed by atoms with Crippen LogP contribution in [-0.2, 0) is 11.4 Å². The van der Waals surface area contributed by atoms with Gasteiger partial charge in [0.05, 0.1) is 20.8 Å². The summed E-state index contributed by atoms with van der Waals surface area (Å²) in [6.07, 6.45) is 1.84. The fraction of sp³-hybridized carbons (Fsp3) is 0.0345. The highest BCUT2D eigenvalue weighted by Crippen LogP contribution is 2.38. The predicted molar refractivity (Wildman–Crippen MR) is 148 cm³/mol. The maximum atomic E-state index is 13.9. The third-order valence-electron chi connectivity index (χ3n) is 5.40. The van der Waals surface area contributed by atoms with Gasteiger partial charge < -0.3 is 4.74 Å². The molecule has 0 bridgehead atoms. The highest BCUT2D eigenvalue weighted by molar-refractivity contribution is 9.10. The van der Waals surface area contributed by atoms with Gasteiger partial charge in [0.1, 0.15) is 18.2 Å². The number of hydrogen-bond acceptors (Lipinski definition) is 4. The number of nitrogens with zero attached hydrogens (tertiary/aromatic N) is 2. The molecule has 0 spiro atoms. The Kier molecular flexibility index (Phi) is 7.30. The molecule has 4 aromatic carbocycles. The van der Waals surface area contributed by atoms with Crippen molar-refractivity contribution in [2.24, 2.45) is 4.99 Å². The molecular formula is C29H20BrFN2O2S. The maximum Gasteiger partial charge on any atom is 0.271 e. The van der Waals surface area contributed by atoms with Crippen LogP contribution in [0.4, 0.5) is 15.8 Å². The van der Waals surface area contributed by atoms with Crippen LogP contribution in [0.3, 0.4) is 0 Å². The summed E-state index contributed by atoms with van der Waals surface area (Å²) in [7, 11) is 0. The number of ether oxygens (including phenoxy) is 1. The molecule has 1 saturated heterocycles. The van der Waals surface area contributed by atoms with Crippen LogP contribution in [0.1, 0.15) is 11.1 Å². The highest BCUT2D eigenvalue weighted by Gasteiger charge is 2.34. The number of amides is 1. The molecule has 0 atom stereocenters. The molecule has 0 aliphatic carbocycles. The minimum absolute atomic E-state index is 0.116. The highest BCUT2D eigenvalue weighted by atomic mass is 79.9. The van der Waals surface area contributed by atoms with Gasteiger partial charge in [0.25, 0.3) is 5.91 Å². The van der Waals surface area contributed by atoms with Crippen LogP contribution in [0.25, 0.3) is 6.08 Å². The first kappa shape index (κ1) is 24.0. The molecule has 7 heteroatoms. The Labute approximate surface area is 221 Å². The zero-order valence-electron chi connectivity index (χ0n) is 19.0. The molecule has 1 aliphatic rings. The Morgan fingerprint density at radius 3 is 2.33 bits per heavy atom. The van der Waals surface area contributed by atoms with Crippen molar-refractivity contribution in [1.82, 2.24) is 0 Å². The number of anilines is 1. The zero-order valence-corrected chi connectivity index (χ0v) is 21.4. The van der Waals surface area contributed by atoms with Gasteiger partial charge in [0.2, 0.25) is 0 Å². The van der Waals surface area contributed by atoms with Gasteiger partial charge in [-0.1, -0.05) is 60.7 Å². The van der Waals surface area contributed by atoms with Crippen LogP contribution in [0.2, 0.25) is 0 Å². The standard InChI is InChI=1S/C29H20BrFN2O2S/c30-24-17-20(15-16-26(24)35-19-21-9-7-8-14-25(21)31)18-27-28(34)33(23-12-5-2-6-13-23)29(36-27)32-22-10-3-1-4-11-22/h1-18H,19H2/b27-18+,32-29?. The van der Waals surface area contributed by atoms with E-state index in [0.717, 1.165) is 16.9 Å². The Morgan fingerprint density at radius 2 is 1.61 bits per heavy atom. The average Bonchev–Trinajstić information content (AvgIpc) is 3.19. The molecule has 1 heterocycles. The van der Waals surface area contributed by atoms with E-state index < -0.39 is 0 Å². The van der Waals surface area contributed by atoms with Crippen molar-refractivity contribution < 1.29 is 13.9 Å². The van der Waals surface area contributed by atoms with Gasteiger partial charge in [0, 0.05) is 5.56 Å². The molecule has 0 N–H and O–H groups in total. The van der Waals surface area contributed by atoms with Crippen molar-refractivity contribution in [3.63, 3.8) is 0 Å². The van der Waals surface area contributed by atoms with E-state index in [1.165, 1.54) is 17.8 Å². The fourth-order valence-corrected chi connectivity index (χ4v) is 5.12. The summed E-state index contributed by atoms with van der Waals surface area (Å²) in [5.74, 6) is 0.141. The van der Waals surface area contributed by atoms with Gasteiger partial charge in [-0.3, -0.25) is 9.69 Å². The summed E-state index contributed by atoms with van der Waals surface area (Å²) >= 11 is 4.86. The molecule has 36 heavy (non-hydrogen) atoms. The van der Waals surface area contributed by atoms with Crippen molar-refractivity contribution in [3.05, 3.63) is 129 Å².